The lowest BCUT2D eigenvalue weighted by Crippen LogP contribution is -2.31. The zero-order valence-corrected chi connectivity index (χ0v) is 22.4. The summed E-state index contributed by atoms with van der Waals surface area (Å²) in [5.74, 6) is 1.09. The number of aryl methyl sites for hydroxylation is 2. The van der Waals surface area contributed by atoms with Gasteiger partial charge in [0, 0.05) is 6.54 Å². The van der Waals surface area contributed by atoms with E-state index in [0.717, 1.165) is 28.7 Å². The molecule has 0 saturated carbocycles. The molecule has 2 heterocycles. The van der Waals surface area contributed by atoms with Gasteiger partial charge in [-0.25, -0.2) is 0 Å². The quantitative estimate of drug-likeness (QED) is 0.261. The second kappa shape index (κ2) is 10.7. The fourth-order valence-corrected chi connectivity index (χ4v) is 5.04. The number of ether oxygens (including phenoxy) is 2. The zero-order valence-electron chi connectivity index (χ0n) is 22.4. The van der Waals surface area contributed by atoms with Crippen molar-refractivity contribution in [3.63, 3.8) is 0 Å². The summed E-state index contributed by atoms with van der Waals surface area (Å²) in [5.41, 5.74) is 4.55. The Morgan fingerprint density at radius 1 is 0.895 bits per heavy atom. The topological polar surface area (TPSA) is 69.0 Å². The van der Waals surface area contributed by atoms with E-state index in [1.54, 1.807) is 4.90 Å². The third kappa shape index (κ3) is 4.67. The highest BCUT2D eigenvalue weighted by atomic mass is 16.5. The van der Waals surface area contributed by atoms with E-state index in [-0.39, 0.29) is 17.1 Å². The summed E-state index contributed by atoms with van der Waals surface area (Å²) in [6.45, 7) is 9.38. The Bertz CT molecular complexity index is 1540. The van der Waals surface area contributed by atoms with Crippen LogP contribution >= 0.6 is 0 Å². The number of fused-ring (bicyclic) bond motifs is 2. The van der Waals surface area contributed by atoms with Crippen molar-refractivity contribution >= 4 is 16.9 Å². The lowest BCUT2D eigenvalue weighted by atomic mass is 9.97. The van der Waals surface area contributed by atoms with E-state index in [0.29, 0.717) is 54.2 Å². The number of rotatable bonds is 9. The lowest BCUT2D eigenvalue weighted by Gasteiger charge is -2.26. The summed E-state index contributed by atoms with van der Waals surface area (Å²) in [6.07, 6.45) is 1.52. The van der Waals surface area contributed by atoms with Gasteiger partial charge in [0.05, 0.1) is 30.2 Å². The van der Waals surface area contributed by atoms with Gasteiger partial charge in [0.1, 0.15) is 5.58 Å². The van der Waals surface area contributed by atoms with E-state index in [4.69, 9.17) is 13.9 Å². The summed E-state index contributed by atoms with van der Waals surface area (Å²) in [6, 6.07) is 18.8. The number of amides is 1. The summed E-state index contributed by atoms with van der Waals surface area (Å²) in [7, 11) is 0. The molecule has 0 saturated heterocycles. The minimum atomic E-state index is -0.595. The van der Waals surface area contributed by atoms with Crippen LogP contribution in [0, 0.1) is 13.8 Å². The van der Waals surface area contributed by atoms with Crippen LogP contribution in [0.4, 0.5) is 0 Å². The van der Waals surface area contributed by atoms with Gasteiger partial charge in [0.15, 0.2) is 16.9 Å². The summed E-state index contributed by atoms with van der Waals surface area (Å²) >= 11 is 0. The van der Waals surface area contributed by atoms with Crippen molar-refractivity contribution < 1.29 is 18.7 Å². The molecule has 1 aromatic heterocycles. The van der Waals surface area contributed by atoms with Gasteiger partial charge >= 0.3 is 0 Å². The van der Waals surface area contributed by atoms with Gasteiger partial charge < -0.3 is 18.8 Å². The standard InChI is InChI=1S/C32H33NO5/c1-5-16-37-25-13-12-23(19-27(25)36-6-2)29-28-30(34)24-17-20(3)21(4)18-26(24)38-31(28)32(35)33(29)15-14-22-10-8-7-9-11-22/h7-13,17-19,29H,5-6,14-16H2,1-4H3. The van der Waals surface area contributed by atoms with Gasteiger partial charge in [-0.15, -0.1) is 0 Å². The average molecular weight is 512 g/mol. The van der Waals surface area contributed by atoms with Gasteiger partial charge in [-0.1, -0.05) is 43.3 Å². The summed E-state index contributed by atoms with van der Waals surface area (Å²) < 4.78 is 18.0. The van der Waals surface area contributed by atoms with Crippen molar-refractivity contribution in [3.8, 4) is 11.5 Å². The predicted molar refractivity (Wildman–Crippen MR) is 148 cm³/mol. The second-order valence-electron chi connectivity index (χ2n) is 9.73. The minimum Gasteiger partial charge on any atom is -0.490 e. The third-order valence-corrected chi connectivity index (χ3v) is 7.11. The molecule has 0 radical (unpaired) electrons. The van der Waals surface area contributed by atoms with E-state index >= 15 is 0 Å². The van der Waals surface area contributed by atoms with Crippen molar-refractivity contribution in [1.29, 1.82) is 0 Å². The molecule has 1 aliphatic rings. The molecule has 0 spiro atoms. The van der Waals surface area contributed by atoms with Crippen LogP contribution in [0.15, 0.2) is 69.9 Å². The van der Waals surface area contributed by atoms with Gasteiger partial charge in [0.25, 0.3) is 5.91 Å². The first-order valence-electron chi connectivity index (χ1n) is 13.2. The molecule has 1 amide bonds. The molecular weight excluding hydrogens is 478 g/mol. The monoisotopic (exact) mass is 511 g/mol. The van der Waals surface area contributed by atoms with E-state index in [1.807, 2.05) is 88.4 Å². The first-order chi connectivity index (χ1) is 18.4. The molecule has 3 aromatic carbocycles. The number of benzene rings is 3. The Morgan fingerprint density at radius 3 is 2.39 bits per heavy atom. The van der Waals surface area contributed by atoms with Crippen LogP contribution in [0.2, 0.25) is 0 Å². The molecule has 1 atom stereocenters. The Labute approximate surface area is 222 Å². The highest BCUT2D eigenvalue weighted by Gasteiger charge is 2.42. The Hall–Kier alpha value is -4.06. The molecule has 4 aromatic rings. The molecule has 6 nitrogen and oxygen atoms in total. The highest BCUT2D eigenvalue weighted by molar-refractivity contribution is 5.99. The van der Waals surface area contributed by atoms with Crippen molar-refractivity contribution in [2.24, 2.45) is 0 Å². The molecule has 38 heavy (non-hydrogen) atoms. The van der Waals surface area contributed by atoms with Crippen LogP contribution in [0.3, 0.4) is 0 Å². The molecule has 1 unspecified atom stereocenters. The SMILES string of the molecule is CCCOc1ccc(C2c3c(oc4cc(C)c(C)cc4c3=O)C(=O)N2CCc2ccccc2)cc1OCC. The number of nitrogens with zero attached hydrogens (tertiary/aromatic N) is 1. The van der Waals surface area contributed by atoms with Crippen molar-refractivity contribution in [3.05, 3.63) is 104 Å². The fraction of sp³-hybridized carbons (Fsp3) is 0.312. The van der Waals surface area contributed by atoms with Crippen molar-refractivity contribution in [2.45, 2.75) is 46.6 Å². The Kier molecular flexibility index (Phi) is 7.23. The molecule has 0 N–H and O–H groups in total. The van der Waals surface area contributed by atoms with Gasteiger partial charge in [0.2, 0.25) is 5.76 Å². The van der Waals surface area contributed by atoms with Crippen LogP contribution in [0.25, 0.3) is 11.0 Å². The van der Waals surface area contributed by atoms with Crippen LogP contribution in [0.1, 0.15) is 64.7 Å². The molecule has 196 valence electrons. The summed E-state index contributed by atoms with van der Waals surface area (Å²) in [4.78, 5) is 29.5. The van der Waals surface area contributed by atoms with Crippen molar-refractivity contribution in [1.82, 2.24) is 4.90 Å². The fourth-order valence-electron chi connectivity index (χ4n) is 5.04. The molecule has 0 bridgehead atoms. The van der Waals surface area contributed by atoms with E-state index in [9.17, 15) is 9.59 Å². The first-order valence-corrected chi connectivity index (χ1v) is 13.2. The Balaban J connectivity index is 1.66. The number of hydrogen-bond donors (Lipinski definition) is 0. The summed E-state index contributed by atoms with van der Waals surface area (Å²) in [5, 5.41) is 0.488. The minimum absolute atomic E-state index is 0.119. The molecule has 6 heteroatoms. The van der Waals surface area contributed by atoms with E-state index < -0.39 is 6.04 Å². The number of hydrogen-bond acceptors (Lipinski definition) is 5. The lowest BCUT2D eigenvalue weighted by molar-refractivity contribution is 0.0729. The zero-order chi connectivity index (χ0) is 26.8. The second-order valence-corrected chi connectivity index (χ2v) is 9.73. The van der Waals surface area contributed by atoms with Crippen LogP contribution in [-0.4, -0.2) is 30.6 Å². The van der Waals surface area contributed by atoms with Gasteiger partial charge in [-0.05, 0) is 80.1 Å². The van der Waals surface area contributed by atoms with Crippen LogP contribution in [0.5, 0.6) is 11.5 Å². The average Bonchev–Trinajstić information content (AvgIpc) is 3.20. The first kappa shape index (κ1) is 25.6. The van der Waals surface area contributed by atoms with Crippen LogP contribution < -0.4 is 14.9 Å². The normalized spacial score (nSPS) is 14.7. The maximum absolute atomic E-state index is 14.0. The van der Waals surface area contributed by atoms with Gasteiger partial charge in [-0.3, -0.25) is 9.59 Å². The van der Waals surface area contributed by atoms with E-state index in [1.165, 1.54) is 0 Å². The number of carbonyl (C=O) groups is 1. The molecule has 1 aliphatic heterocycles. The molecule has 5 rings (SSSR count). The van der Waals surface area contributed by atoms with Crippen LogP contribution in [-0.2, 0) is 6.42 Å². The molecule has 0 fully saturated rings. The predicted octanol–water partition coefficient (Wildman–Crippen LogP) is 6.39. The van der Waals surface area contributed by atoms with E-state index in [2.05, 4.69) is 0 Å². The number of carbonyl (C=O) groups excluding carboxylic acids is 1. The van der Waals surface area contributed by atoms with Crippen molar-refractivity contribution in [2.75, 3.05) is 19.8 Å². The largest absolute Gasteiger partial charge is 0.490 e. The Morgan fingerprint density at radius 2 is 1.66 bits per heavy atom. The third-order valence-electron chi connectivity index (χ3n) is 7.11. The maximum Gasteiger partial charge on any atom is 0.290 e. The maximum atomic E-state index is 14.0. The molecule has 0 aliphatic carbocycles. The van der Waals surface area contributed by atoms with Gasteiger partial charge in [-0.2, -0.15) is 0 Å². The highest BCUT2D eigenvalue weighted by Crippen LogP contribution is 2.41. The smallest absolute Gasteiger partial charge is 0.290 e. The molecular formula is C32H33NO5.